The number of hydrogen-bond acceptors (Lipinski definition) is 1. The maximum atomic E-state index is 10.9. The maximum Gasteiger partial charge on any atom is 0.621 e. The Hall–Kier alpha value is -1.05. The van der Waals surface area contributed by atoms with Crippen molar-refractivity contribution in [3.8, 4) is 6.57 Å². The van der Waals surface area contributed by atoms with Crippen molar-refractivity contribution in [2.75, 3.05) is 0 Å². The van der Waals surface area contributed by atoms with Gasteiger partial charge in [-0.2, -0.15) is 18.0 Å². The van der Waals surface area contributed by atoms with Gasteiger partial charge in [0.25, 0.3) is 6.57 Å². The van der Waals surface area contributed by atoms with E-state index < -0.39 is 12.1 Å². The minimum atomic E-state index is -4.92. The van der Waals surface area contributed by atoms with Crippen molar-refractivity contribution in [3.63, 3.8) is 0 Å². The van der Waals surface area contributed by atoms with Gasteiger partial charge in [0, 0.05) is 4.85 Å². The second-order valence-corrected chi connectivity index (χ2v) is 0.932. The summed E-state index contributed by atoms with van der Waals surface area (Å²) in [5, 5.41) is 0. The molecule has 0 N–H and O–H groups in total. The van der Waals surface area contributed by atoms with Gasteiger partial charge in [-0.3, -0.25) is 0 Å². The van der Waals surface area contributed by atoms with E-state index in [2.05, 4.69) is 6.57 Å². The highest BCUT2D eigenvalue weighted by molar-refractivity contribution is 5.91. The highest BCUT2D eigenvalue weighted by atomic mass is 19.4. The molecule has 44 valence electrons. The van der Waals surface area contributed by atoms with Gasteiger partial charge in [-0.05, 0) is 0 Å². The van der Waals surface area contributed by atoms with Gasteiger partial charge in [0.15, 0.2) is 0 Å². The third-order valence-electron chi connectivity index (χ3n) is 0.360. The third-order valence-corrected chi connectivity index (χ3v) is 0.360. The summed E-state index contributed by atoms with van der Waals surface area (Å²) in [7, 11) is 0. The lowest BCUT2D eigenvalue weighted by Crippen LogP contribution is -2.18. The minimum Gasteiger partial charge on any atom is -0.193 e. The molecule has 0 unspecified atom stereocenters. The number of carbonyl (C=O) groups is 1. The summed E-state index contributed by atoms with van der Waals surface area (Å²) in [4.78, 5) is 11.3. The van der Waals surface area contributed by atoms with E-state index in [4.69, 9.17) is 0 Å². The van der Waals surface area contributed by atoms with Crippen LogP contribution < -0.4 is 0 Å². The van der Waals surface area contributed by atoms with Crippen molar-refractivity contribution in [1.82, 2.24) is 0 Å². The molecule has 1 amide bonds. The van der Waals surface area contributed by atoms with Crippen molar-refractivity contribution in [3.05, 3.63) is 4.85 Å². The topological polar surface area (TPSA) is 21.4 Å². The average Bonchev–Trinajstić information content (AvgIpc) is 1.62. The molecule has 0 rings (SSSR count). The van der Waals surface area contributed by atoms with Crippen LogP contribution in [0.25, 0.3) is 4.85 Å². The molecule has 0 aromatic heterocycles. The van der Waals surface area contributed by atoms with Gasteiger partial charge in [0.1, 0.15) is 0 Å². The zero-order valence-electron chi connectivity index (χ0n) is 3.57. The smallest absolute Gasteiger partial charge is 0.193 e. The second kappa shape index (κ2) is 1.82. The molecule has 0 aromatic rings. The Labute approximate surface area is 42.7 Å². The van der Waals surface area contributed by atoms with Crippen LogP contribution in [0.15, 0.2) is 0 Å². The summed E-state index contributed by atoms with van der Waals surface area (Å²) >= 11 is 0. The van der Waals surface area contributed by atoms with E-state index >= 15 is 0 Å². The monoisotopic (exact) mass is 124 g/mol. The lowest BCUT2D eigenvalue weighted by Gasteiger charge is -1.85. The zero-order chi connectivity index (χ0) is 6.78. The summed E-state index contributed by atoms with van der Waals surface area (Å²) in [6, 6.07) is 0. The van der Waals surface area contributed by atoms with Crippen LogP contribution in [0, 0.1) is 6.57 Å². The SMILES string of the molecule is C#[N+]C(=O)C(F)(F)F. The fraction of sp³-hybridized carbons (Fsp3) is 0.333. The van der Waals surface area contributed by atoms with E-state index in [1.165, 1.54) is 0 Å². The molecule has 0 aliphatic rings. The molecule has 0 saturated carbocycles. The largest absolute Gasteiger partial charge is 0.621 e. The first-order chi connectivity index (χ1) is 3.48. The van der Waals surface area contributed by atoms with Crippen LogP contribution in [-0.2, 0) is 4.79 Å². The van der Waals surface area contributed by atoms with Crippen molar-refractivity contribution < 1.29 is 18.0 Å². The van der Waals surface area contributed by atoms with Crippen LogP contribution in [-0.4, -0.2) is 12.1 Å². The number of halogens is 3. The highest BCUT2D eigenvalue weighted by Gasteiger charge is 2.48. The molecule has 0 aliphatic carbocycles. The number of alkyl halides is 3. The molecule has 0 radical (unpaired) electrons. The van der Waals surface area contributed by atoms with E-state index in [0.29, 0.717) is 0 Å². The Bertz CT molecular complexity index is 142. The molecule has 0 heterocycles. The van der Waals surface area contributed by atoms with Crippen LogP contribution in [0.4, 0.5) is 13.2 Å². The first-order valence-electron chi connectivity index (χ1n) is 1.50. The van der Waals surface area contributed by atoms with Crippen LogP contribution in [0.2, 0.25) is 0 Å². The molecule has 2 nitrogen and oxygen atoms in total. The number of amides is 1. The second-order valence-electron chi connectivity index (χ2n) is 0.932. The number of hydrogen-bond donors (Lipinski definition) is 0. The Morgan fingerprint density at radius 2 is 1.88 bits per heavy atom. The van der Waals surface area contributed by atoms with E-state index in [1.807, 2.05) is 4.85 Å². The quantitative estimate of drug-likeness (QED) is 0.472. The highest BCUT2D eigenvalue weighted by Crippen LogP contribution is 2.15. The first-order valence-corrected chi connectivity index (χ1v) is 1.50. The van der Waals surface area contributed by atoms with Crippen LogP contribution in [0.5, 0.6) is 0 Å². The fourth-order valence-corrected chi connectivity index (χ4v) is 0.0732. The van der Waals surface area contributed by atoms with E-state index in [0.717, 1.165) is 0 Å². The van der Waals surface area contributed by atoms with Gasteiger partial charge < -0.3 is 0 Å². The Morgan fingerprint density at radius 3 is 1.88 bits per heavy atom. The van der Waals surface area contributed by atoms with Crippen molar-refractivity contribution in [1.29, 1.82) is 0 Å². The van der Waals surface area contributed by atoms with Gasteiger partial charge in [0.05, 0.1) is 0 Å². The third kappa shape index (κ3) is 1.60. The molecule has 8 heavy (non-hydrogen) atoms. The average molecular weight is 124 g/mol. The molecule has 0 aromatic carbocycles. The van der Waals surface area contributed by atoms with E-state index in [-0.39, 0.29) is 0 Å². The lowest BCUT2D eigenvalue weighted by molar-refractivity contribution is -0.165. The summed E-state index contributed by atoms with van der Waals surface area (Å²) in [6.45, 7) is 4.01. The molecular weight excluding hydrogens is 123 g/mol. The number of rotatable bonds is 0. The molecule has 0 fully saturated rings. The van der Waals surface area contributed by atoms with Gasteiger partial charge in [-0.1, -0.05) is 0 Å². The normalized spacial score (nSPS) is 10.2. The molecule has 0 aliphatic heterocycles. The molecular formula is C3HF3NO+. The standard InChI is InChI=1S/C3HF3NO/c1-7-2(8)3(4,5)6/h1H/q+1. The summed E-state index contributed by atoms with van der Waals surface area (Å²) in [5.74, 6) is -2.27. The predicted octanol–water partition coefficient (Wildman–Crippen LogP) is 1.04. The first kappa shape index (κ1) is 6.95. The van der Waals surface area contributed by atoms with Gasteiger partial charge in [-0.15, -0.1) is 0 Å². The summed E-state index contributed by atoms with van der Waals surface area (Å²) < 4.78 is 32.8. The Balaban J connectivity index is 4.09. The van der Waals surface area contributed by atoms with Crippen LogP contribution in [0.3, 0.4) is 0 Å². The fourth-order valence-electron chi connectivity index (χ4n) is 0.0732. The van der Waals surface area contributed by atoms with Crippen LogP contribution in [0.1, 0.15) is 0 Å². The minimum absolute atomic E-state index is 1.90. The molecule has 0 bridgehead atoms. The van der Waals surface area contributed by atoms with E-state index in [1.54, 1.807) is 0 Å². The van der Waals surface area contributed by atoms with Crippen molar-refractivity contribution in [2.45, 2.75) is 6.18 Å². The van der Waals surface area contributed by atoms with Crippen molar-refractivity contribution in [2.24, 2.45) is 0 Å². The van der Waals surface area contributed by atoms with Crippen LogP contribution >= 0.6 is 0 Å². The van der Waals surface area contributed by atoms with Gasteiger partial charge in [0.2, 0.25) is 0 Å². The molecule has 0 atom stereocenters. The molecule has 0 spiro atoms. The van der Waals surface area contributed by atoms with Gasteiger partial charge in [-0.25, -0.2) is 0 Å². The number of carbonyl (C=O) groups excluding carboxylic acids is 1. The number of nitrogens with zero attached hydrogens (tertiary/aromatic N) is 1. The molecule has 0 saturated heterocycles. The summed E-state index contributed by atoms with van der Waals surface area (Å²) in [5.41, 5.74) is 0. The zero-order valence-corrected chi connectivity index (χ0v) is 3.57. The van der Waals surface area contributed by atoms with Crippen molar-refractivity contribution >= 4 is 5.91 Å². The predicted molar refractivity (Wildman–Crippen MR) is 19.4 cm³/mol. The Morgan fingerprint density at radius 1 is 1.50 bits per heavy atom. The van der Waals surface area contributed by atoms with Gasteiger partial charge >= 0.3 is 12.1 Å². The molecule has 5 heteroatoms. The van der Waals surface area contributed by atoms with E-state index in [9.17, 15) is 18.0 Å². The summed E-state index contributed by atoms with van der Waals surface area (Å²) in [6.07, 6.45) is -4.92. The maximum absolute atomic E-state index is 10.9. The lowest BCUT2D eigenvalue weighted by atomic mass is 10.6. The Kier molecular flexibility index (Phi) is 1.58.